The molecule has 27 heavy (non-hydrogen) atoms. The van der Waals surface area contributed by atoms with Crippen molar-refractivity contribution in [3.8, 4) is 0 Å². The molecule has 0 saturated carbocycles. The van der Waals surface area contributed by atoms with Crippen LogP contribution in [-0.2, 0) is 0 Å². The van der Waals surface area contributed by atoms with Crippen LogP contribution < -0.4 is 0 Å². The minimum Gasteiger partial charge on any atom is -0.344 e. The number of allylic oxidation sites excluding steroid dienone is 4. The highest BCUT2D eigenvalue weighted by molar-refractivity contribution is 4.93. The summed E-state index contributed by atoms with van der Waals surface area (Å²) in [5.74, 6) is -1.38. The molecule has 0 rings (SSSR count). The van der Waals surface area contributed by atoms with E-state index in [4.69, 9.17) is 0 Å². The predicted molar refractivity (Wildman–Crippen MR) is 116 cm³/mol. The highest BCUT2D eigenvalue weighted by Gasteiger charge is 2.34. The van der Waals surface area contributed by atoms with E-state index in [1.807, 2.05) is 0 Å². The predicted octanol–water partition coefficient (Wildman–Crippen LogP) is 6.34. The van der Waals surface area contributed by atoms with E-state index < -0.39 is 5.97 Å². The Hall–Kier alpha value is -0.640. The fourth-order valence-electron chi connectivity index (χ4n) is 3.67. The standard InChI is InChI=1S/C24H46O3/c1-19(2)10-8-12-21(5)14-16-23(7,18-24(25,26)27)17-15-22(6)13-9-11-20(3)4/h10-11,21-22,25-27H,8-9,12-18H2,1-7H3. The Balaban J connectivity index is 4.62. The average Bonchev–Trinajstić information content (AvgIpc) is 2.49. The lowest BCUT2D eigenvalue weighted by Gasteiger charge is -2.35. The molecule has 0 bridgehead atoms. The van der Waals surface area contributed by atoms with Crippen molar-refractivity contribution >= 4 is 0 Å². The van der Waals surface area contributed by atoms with Gasteiger partial charge in [-0.1, -0.05) is 56.9 Å². The summed E-state index contributed by atoms with van der Waals surface area (Å²) in [6.45, 7) is 15.1. The largest absolute Gasteiger partial charge is 0.344 e. The lowest BCUT2D eigenvalue weighted by molar-refractivity contribution is -0.326. The van der Waals surface area contributed by atoms with Gasteiger partial charge in [-0.3, -0.25) is 0 Å². The fourth-order valence-corrected chi connectivity index (χ4v) is 3.67. The molecule has 3 heteroatoms. The van der Waals surface area contributed by atoms with Gasteiger partial charge >= 0.3 is 0 Å². The van der Waals surface area contributed by atoms with Crippen molar-refractivity contribution in [2.75, 3.05) is 0 Å². The first-order chi connectivity index (χ1) is 12.3. The molecule has 2 unspecified atom stereocenters. The van der Waals surface area contributed by atoms with Crippen LogP contribution in [0.1, 0.15) is 106 Å². The van der Waals surface area contributed by atoms with Gasteiger partial charge in [-0.2, -0.15) is 0 Å². The molecule has 2 atom stereocenters. The third kappa shape index (κ3) is 16.1. The van der Waals surface area contributed by atoms with Crippen LogP contribution in [-0.4, -0.2) is 21.3 Å². The van der Waals surface area contributed by atoms with Crippen molar-refractivity contribution in [3.63, 3.8) is 0 Å². The summed E-state index contributed by atoms with van der Waals surface area (Å²) < 4.78 is 0. The molecule has 0 radical (unpaired) electrons. The van der Waals surface area contributed by atoms with E-state index in [2.05, 4.69) is 60.6 Å². The van der Waals surface area contributed by atoms with Crippen molar-refractivity contribution in [2.45, 2.75) is 112 Å². The third-order valence-corrected chi connectivity index (χ3v) is 5.57. The van der Waals surface area contributed by atoms with Crippen LogP contribution in [0.25, 0.3) is 0 Å². The summed E-state index contributed by atoms with van der Waals surface area (Å²) in [5.41, 5.74) is 2.47. The summed E-state index contributed by atoms with van der Waals surface area (Å²) in [6.07, 6.45) is 13.0. The molecule has 0 spiro atoms. The van der Waals surface area contributed by atoms with Crippen LogP contribution >= 0.6 is 0 Å². The zero-order valence-electron chi connectivity index (χ0n) is 19.0. The minimum absolute atomic E-state index is 0.0153. The topological polar surface area (TPSA) is 60.7 Å². The maximum absolute atomic E-state index is 9.58. The van der Waals surface area contributed by atoms with E-state index in [-0.39, 0.29) is 11.8 Å². The van der Waals surface area contributed by atoms with E-state index in [1.165, 1.54) is 11.1 Å². The van der Waals surface area contributed by atoms with Gasteiger partial charge in [-0.05, 0) is 83.5 Å². The highest BCUT2D eigenvalue weighted by atomic mass is 16.7. The highest BCUT2D eigenvalue weighted by Crippen LogP contribution is 2.39. The molecule has 0 aromatic heterocycles. The van der Waals surface area contributed by atoms with E-state index in [0.717, 1.165) is 51.4 Å². The van der Waals surface area contributed by atoms with Gasteiger partial charge in [0.15, 0.2) is 0 Å². The van der Waals surface area contributed by atoms with Gasteiger partial charge in [-0.15, -0.1) is 0 Å². The first-order valence-electron chi connectivity index (χ1n) is 10.8. The van der Waals surface area contributed by atoms with Crippen molar-refractivity contribution in [1.29, 1.82) is 0 Å². The molecule has 0 aliphatic heterocycles. The van der Waals surface area contributed by atoms with Crippen LogP contribution in [0.4, 0.5) is 0 Å². The van der Waals surface area contributed by atoms with Gasteiger partial charge in [0.05, 0.1) is 0 Å². The number of aliphatic hydroxyl groups is 3. The average molecular weight is 383 g/mol. The lowest BCUT2D eigenvalue weighted by atomic mass is 9.74. The monoisotopic (exact) mass is 382 g/mol. The molecular formula is C24H46O3. The number of rotatable bonds is 14. The normalized spacial score (nSPS) is 16.4. The van der Waals surface area contributed by atoms with Crippen LogP contribution in [0.5, 0.6) is 0 Å². The van der Waals surface area contributed by atoms with Gasteiger partial charge in [-0.25, -0.2) is 0 Å². The van der Waals surface area contributed by atoms with Crippen LogP contribution in [0.2, 0.25) is 0 Å². The van der Waals surface area contributed by atoms with E-state index >= 15 is 0 Å². The van der Waals surface area contributed by atoms with Gasteiger partial charge in [0.2, 0.25) is 0 Å². The second-order valence-corrected chi connectivity index (χ2v) is 9.77. The Kier molecular flexibility index (Phi) is 12.4. The van der Waals surface area contributed by atoms with Crippen molar-refractivity contribution in [2.24, 2.45) is 17.3 Å². The second-order valence-electron chi connectivity index (χ2n) is 9.77. The first kappa shape index (κ1) is 26.4. The van der Waals surface area contributed by atoms with Gasteiger partial charge in [0.25, 0.3) is 5.97 Å². The maximum atomic E-state index is 9.58. The number of hydrogen-bond acceptors (Lipinski definition) is 3. The van der Waals surface area contributed by atoms with E-state index in [9.17, 15) is 15.3 Å². The van der Waals surface area contributed by atoms with Crippen LogP contribution in [0.15, 0.2) is 23.3 Å². The Morgan fingerprint density at radius 1 is 0.741 bits per heavy atom. The summed E-state index contributed by atoms with van der Waals surface area (Å²) in [7, 11) is 0. The molecule has 160 valence electrons. The summed E-state index contributed by atoms with van der Waals surface area (Å²) >= 11 is 0. The Bertz CT molecular complexity index is 417. The first-order valence-corrected chi connectivity index (χ1v) is 10.8. The molecule has 0 fully saturated rings. The zero-order chi connectivity index (χ0) is 21.1. The molecule has 0 aromatic carbocycles. The van der Waals surface area contributed by atoms with Gasteiger partial charge < -0.3 is 15.3 Å². The molecule has 3 nitrogen and oxygen atoms in total. The molecule has 0 aromatic rings. The summed E-state index contributed by atoms with van der Waals surface area (Å²) in [6, 6.07) is 0. The molecule has 0 aliphatic rings. The Morgan fingerprint density at radius 3 is 1.41 bits per heavy atom. The Labute approximate surface area is 168 Å². The van der Waals surface area contributed by atoms with Gasteiger partial charge in [0.1, 0.15) is 0 Å². The van der Waals surface area contributed by atoms with Crippen molar-refractivity contribution in [1.82, 2.24) is 0 Å². The molecular weight excluding hydrogens is 336 g/mol. The Morgan fingerprint density at radius 2 is 1.11 bits per heavy atom. The summed E-state index contributed by atoms with van der Waals surface area (Å²) in [4.78, 5) is 0. The third-order valence-electron chi connectivity index (χ3n) is 5.57. The van der Waals surface area contributed by atoms with Crippen molar-refractivity contribution in [3.05, 3.63) is 23.3 Å². The SMILES string of the molecule is CC(C)=CCCC(C)CCC(C)(CCC(C)CCC=C(C)C)CC(O)(O)O. The quantitative estimate of drug-likeness (QED) is 0.243. The van der Waals surface area contributed by atoms with Crippen LogP contribution in [0, 0.1) is 17.3 Å². The smallest absolute Gasteiger partial charge is 0.275 e. The molecule has 0 saturated heterocycles. The molecule has 0 heterocycles. The minimum atomic E-state index is -2.58. The van der Waals surface area contributed by atoms with Gasteiger partial charge in [0, 0.05) is 6.42 Å². The van der Waals surface area contributed by atoms with Crippen molar-refractivity contribution < 1.29 is 15.3 Å². The summed E-state index contributed by atoms with van der Waals surface area (Å²) in [5, 5.41) is 28.8. The van der Waals surface area contributed by atoms with Crippen LogP contribution in [0.3, 0.4) is 0 Å². The second kappa shape index (κ2) is 12.7. The fraction of sp³-hybridized carbons (Fsp3) is 0.833. The molecule has 3 N–H and O–H groups in total. The maximum Gasteiger partial charge on any atom is 0.275 e. The lowest BCUT2D eigenvalue weighted by Crippen LogP contribution is -2.36. The van der Waals surface area contributed by atoms with E-state index in [1.54, 1.807) is 0 Å². The zero-order valence-corrected chi connectivity index (χ0v) is 19.0. The number of hydrogen-bond donors (Lipinski definition) is 3. The molecule has 0 aliphatic carbocycles. The molecule has 0 amide bonds. The van der Waals surface area contributed by atoms with E-state index in [0.29, 0.717) is 11.8 Å².